The molecule has 0 amide bonds. The van der Waals surface area contributed by atoms with Gasteiger partial charge in [-0.1, -0.05) is 12.1 Å². The minimum absolute atomic E-state index is 0.152. The second kappa shape index (κ2) is 6.45. The largest absolute Gasteiger partial charge is 0.403 e. The Kier molecular flexibility index (Phi) is 4.54. The summed E-state index contributed by atoms with van der Waals surface area (Å²) in [6.07, 6.45) is -3.96. The Labute approximate surface area is 150 Å². The molecular formula is C17H12F4N2O3S. The quantitative estimate of drug-likeness (QED) is 0.500. The highest BCUT2D eigenvalue weighted by Gasteiger charge is 2.37. The van der Waals surface area contributed by atoms with Crippen molar-refractivity contribution in [3.05, 3.63) is 64.5 Å². The van der Waals surface area contributed by atoms with Gasteiger partial charge in [0.1, 0.15) is 12.1 Å². The molecule has 142 valence electrons. The average molecular weight is 400 g/mol. The lowest BCUT2D eigenvalue weighted by molar-refractivity contribution is -0.106. The molecule has 0 unspecified atom stereocenters. The van der Waals surface area contributed by atoms with Gasteiger partial charge in [-0.15, -0.1) is 0 Å². The fraction of sp³-hybridized carbons (Fsp3) is 0.176. The number of hydrogen-bond acceptors (Lipinski definition) is 4. The number of aromatic nitrogens is 2. The number of rotatable bonds is 3. The molecule has 3 rings (SSSR count). The third-order valence-electron chi connectivity index (χ3n) is 3.86. The van der Waals surface area contributed by atoms with Crippen LogP contribution in [-0.2, 0) is 9.84 Å². The summed E-state index contributed by atoms with van der Waals surface area (Å²) in [5, 5.41) is 0.152. The second-order valence-electron chi connectivity index (χ2n) is 5.88. The van der Waals surface area contributed by atoms with Gasteiger partial charge in [0.2, 0.25) is 0 Å². The molecule has 5 nitrogen and oxygen atoms in total. The molecule has 0 fully saturated rings. The summed E-state index contributed by atoms with van der Waals surface area (Å²) in [7, 11) is -4.78. The number of halogens is 4. The van der Waals surface area contributed by atoms with Crippen LogP contribution in [0.2, 0.25) is 0 Å². The molecule has 10 heteroatoms. The van der Waals surface area contributed by atoms with Crippen molar-refractivity contribution in [3.63, 3.8) is 0 Å². The van der Waals surface area contributed by atoms with Crippen LogP contribution in [-0.4, -0.2) is 29.9 Å². The Morgan fingerprint density at radius 1 is 1.15 bits per heavy atom. The molecule has 0 aliphatic carbocycles. The SMILES string of the molecule is Cc1cc(F)c(-n2cnc3ccccc3c2=O)cc1S(=O)(=O)CC(F)(F)F. The van der Waals surface area contributed by atoms with Gasteiger partial charge in [0.05, 0.1) is 21.5 Å². The highest BCUT2D eigenvalue weighted by Crippen LogP contribution is 2.27. The Bertz CT molecular complexity index is 1200. The number of fused-ring (bicyclic) bond motifs is 1. The van der Waals surface area contributed by atoms with Crippen molar-refractivity contribution in [2.45, 2.75) is 18.0 Å². The van der Waals surface area contributed by atoms with Crippen molar-refractivity contribution < 1.29 is 26.0 Å². The summed E-state index contributed by atoms with van der Waals surface area (Å²) in [4.78, 5) is 15.9. The van der Waals surface area contributed by atoms with Gasteiger partial charge in [0, 0.05) is 0 Å². The van der Waals surface area contributed by atoms with Gasteiger partial charge in [-0.2, -0.15) is 13.2 Å². The number of aryl methyl sites for hydroxylation is 1. The van der Waals surface area contributed by atoms with Crippen molar-refractivity contribution in [3.8, 4) is 5.69 Å². The minimum atomic E-state index is -4.96. The van der Waals surface area contributed by atoms with Gasteiger partial charge in [0.15, 0.2) is 15.6 Å². The van der Waals surface area contributed by atoms with Crippen LogP contribution in [0, 0.1) is 12.7 Å². The molecule has 0 atom stereocenters. The Balaban J connectivity index is 2.24. The van der Waals surface area contributed by atoms with Crippen molar-refractivity contribution in [1.29, 1.82) is 0 Å². The first-order valence-electron chi connectivity index (χ1n) is 7.56. The van der Waals surface area contributed by atoms with E-state index in [2.05, 4.69) is 4.98 Å². The van der Waals surface area contributed by atoms with E-state index in [1.54, 1.807) is 18.2 Å². The van der Waals surface area contributed by atoms with Crippen molar-refractivity contribution in [2.75, 3.05) is 5.75 Å². The molecule has 0 saturated carbocycles. The average Bonchev–Trinajstić information content (AvgIpc) is 2.54. The minimum Gasteiger partial charge on any atom is -0.268 e. The van der Waals surface area contributed by atoms with Gasteiger partial charge in [0.25, 0.3) is 5.56 Å². The summed E-state index contributed by atoms with van der Waals surface area (Å²) >= 11 is 0. The van der Waals surface area contributed by atoms with Crippen LogP contribution in [0.4, 0.5) is 17.6 Å². The third-order valence-corrected chi connectivity index (χ3v) is 5.68. The Morgan fingerprint density at radius 3 is 2.48 bits per heavy atom. The van der Waals surface area contributed by atoms with Crippen LogP contribution in [0.15, 0.2) is 52.4 Å². The summed E-state index contributed by atoms with van der Waals surface area (Å²) in [5.74, 6) is -3.05. The molecule has 2 aromatic carbocycles. The zero-order chi connectivity index (χ0) is 20.0. The topological polar surface area (TPSA) is 69.0 Å². The number of benzene rings is 2. The second-order valence-corrected chi connectivity index (χ2v) is 7.84. The molecule has 0 aliphatic heterocycles. The monoisotopic (exact) mass is 400 g/mol. The summed E-state index contributed by atoms with van der Waals surface area (Å²) in [6.45, 7) is 1.18. The predicted octanol–water partition coefficient (Wildman–Crippen LogP) is 3.17. The standard InChI is InChI=1S/C17H12F4N2O3S/c1-10-6-12(18)14(7-15(10)27(25,26)8-17(19,20)21)23-9-22-13-5-3-2-4-11(13)16(23)24/h2-7,9H,8H2,1H3. The summed E-state index contributed by atoms with van der Waals surface area (Å²) in [6, 6.07) is 7.73. The molecule has 0 N–H and O–H groups in total. The lowest BCUT2D eigenvalue weighted by Gasteiger charge is -2.14. The number of nitrogens with zero attached hydrogens (tertiary/aromatic N) is 2. The number of sulfone groups is 1. The van der Waals surface area contributed by atoms with Crippen LogP contribution in [0.1, 0.15) is 5.56 Å². The van der Waals surface area contributed by atoms with Gasteiger partial charge in [-0.05, 0) is 36.8 Å². The smallest absolute Gasteiger partial charge is 0.268 e. The van der Waals surface area contributed by atoms with Gasteiger partial charge in [-0.3, -0.25) is 9.36 Å². The first kappa shape index (κ1) is 19.0. The Hall–Kier alpha value is -2.75. The van der Waals surface area contributed by atoms with E-state index < -0.39 is 43.7 Å². The number of hydrogen-bond donors (Lipinski definition) is 0. The van der Waals surface area contributed by atoms with E-state index in [9.17, 15) is 30.8 Å². The molecule has 0 saturated heterocycles. The van der Waals surface area contributed by atoms with E-state index in [0.29, 0.717) is 5.52 Å². The normalized spacial score (nSPS) is 12.5. The van der Waals surface area contributed by atoms with Crippen LogP contribution in [0.5, 0.6) is 0 Å². The summed E-state index contributed by atoms with van der Waals surface area (Å²) in [5.41, 5.74) is -1.02. The van der Waals surface area contributed by atoms with Gasteiger partial charge >= 0.3 is 6.18 Å². The van der Waals surface area contributed by atoms with Crippen molar-refractivity contribution in [2.24, 2.45) is 0 Å². The maximum absolute atomic E-state index is 14.4. The van der Waals surface area contributed by atoms with E-state index in [-0.39, 0.29) is 10.9 Å². The van der Waals surface area contributed by atoms with Crippen molar-refractivity contribution >= 4 is 20.7 Å². The Morgan fingerprint density at radius 2 is 1.81 bits per heavy atom. The van der Waals surface area contributed by atoms with Gasteiger partial charge in [-0.25, -0.2) is 17.8 Å². The van der Waals surface area contributed by atoms with Crippen molar-refractivity contribution in [1.82, 2.24) is 9.55 Å². The highest BCUT2D eigenvalue weighted by atomic mass is 32.2. The molecule has 1 aromatic heterocycles. The maximum Gasteiger partial charge on any atom is 0.403 e. The van der Waals surface area contributed by atoms with Crippen LogP contribution < -0.4 is 5.56 Å². The molecule has 0 aliphatic rings. The molecule has 1 heterocycles. The van der Waals surface area contributed by atoms with E-state index >= 15 is 0 Å². The van der Waals surface area contributed by atoms with E-state index in [1.807, 2.05) is 0 Å². The third kappa shape index (κ3) is 3.70. The maximum atomic E-state index is 14.4. The first-order chi connectivity index (χ1) is 12.5. The fourth-order valence-electron chi connectivity index (χ4n) is 2.70. The molecule has 0 spiro atoms. The first-order valence-corrected chi connectivity index (χ1v) is 9.21. The number of alkyl halides is 3. The lowest BCUT2D eigenvalue weighted by Crippen LogP contribution is -2.24. The van der Waals surface area contributed by atoms with Crippen LogP contribution in [0.3, 0.4) is 0 Å². The fourth-order valence-corrected chi connectivity index (χ4v) is 4.12. The molecular weight excluding hydrogens is 388 g/mol. The summed E-state index contributed by atoms with van der Waals surface area (Å²) < 4.78 is 77.2. The number of para-hydroxylation sites is 1. The molecule has 3 aromatic rings. The molecule has 0 radical (unpaired) electrons. The van der Waals surface area contributed by atoms with Crippen LogP contribution in [0.25, 0.3) is 16.6 Å². The van der Waals surface area contributed by atoms with Crippen LogP contribution >= 0.6 is 0 Å². The zero-order valence-corrected chi connectivity index (χ0v) is 14.6. The van der Waals surface area contributed by atoms with E-state index in [0.717, 1.165) is 23.0 Å². The van der Waals surface area contributed by atoms with E-state index in [1.165, 1.54) is 13.0 Å². The predicted molar refractivity (Wildman–Crippen MR) is 90.1 cm³/mol. The van der Waals surface area contributed by atoms with E-state index in [4.69, 9.17) is 0 Å². The zero-order valence-electron chi connectivity index (χ0n) is 13.8. The molecule has 27 heavy (non-hydrogen) atoms. The lowest BCUT2D eigenvalue weighted by atomic mass is 10.2. The highest BCUT2D eigenvalue weighted by molar-refractivity contribution is 7.91. The molecule has 0 bridgehead atoms. The van der Waals surface area contributed by atoms with Gasteiger partial charge < -0.3 is 0 Å².